The molecule has 3 aromatic rings. The average Bonchev–Trinajstić information content (AvgIpc) is 2.79. The van der Waals surface area contributed by atoms with E-state index in [1.807, 2.05) is 0 Å². The van der Waals surface area contributed by atoms with Crippen molar-refractivity contribution >= 4 is 44.8 Å². The summed E-state index contributed by atoms with van der Waals surface area (Å²) < 4.78 is 36.0. The molecule has 1 amide bonds. The first-order valence-electron chi connectivity index (χ1n) is 9.41. The van der Waals surface area contributed by atoms with Crippen molar-refractivity contribution in [3.8, 4) is 11.5 Å². The number of ether oxygens (including phenoxy) is 2. The molecule has 0 aliphatic carbocycles. The number of hydrogen-bond donors (Lipinski definition) is 2. The van der Waals surface area contributed by atoms with E-state index in [1.54, 1.807) is 31.2 Å². The fourth-order valence-electron chi connectivity index (χ4n) is 2.73. The van der Waals surface area contributed by atoms with Crippen LogP contribution in [-0.4, -0.2) is 44.3 Å². The Morgan fingerprint density at radius 2 is 1.94 bits per heavy atom. The minimum atomic E-state index is -4.12. The predicted octanol–water partition coefficient (Wildman–Crippen LogP) is 3.31. The van der Waals surface area contributed by atoms with E-state index in [2.05, 4.69) is 15.3 Å². The van der Waals surface area contributed by atoms with Crippen LogP contribution < -0.4 is 20.3 Å². The average molecular weight is 510 g/mol. The lowest BCUT2D eigenvalue weighted by molar-refractivity contribution is -0.113. The number of halogens is 1. The monoisotopic (exact) mass is 509 g/mol. The van der Waals surface area contributed by atoms with Gasteiger partial charge in [-0.3, -0.25) is 9.59 Å². The molecule has 9 nitrogen and oxygen atoms in total. The number of methoxy groups -OCH3 is 2. The van der Waals surface area contributed by atoms with Crippen LogP contribution in [0.1, 0.15) is 5.56 Å². The highest BCUT2D eigenvalue weighted by Crippen LogP contribution is 2.29. The number of H-pyrrole nitrogens is 1. The Labute approximate surface area is 199 Å². The zero-order valence-electron chi connectivity index (χ0n) is 17.8. The molecular weight excluding hydrogens is 490 g/mol. The lowest BCUT2D eigenvalue weighted by Crippen LogP contribution is -2.20. The van der Waals surface area contributed by atoms with Crippen molar-refractivity contribution in [3.63, 3.8) is 0 Å². The highest BCUT2D eigenvalue weighted by atomic mass is 35.5. The van der Waals surface area contributed by atoms with E-state index >= 15 is 0 Å². The molecule has 0 bridgehead atoms. The quantitative estimate of drug-likeness (QED) is 0.349. The van der Waals surface area contributed by atoms with Gasteiger partial charge in [0, 0.05) is 11.1 Å². The second-order valence-electron chi connectivity index (χ2n) is 6.70. The number of nitrogens with one attached hydrogen (secondary N) is 2. The number of carbonyl (C=O) groups is 1. The molecule has 0 aliphatic heterocycles. The molecule has 0 aliphatic rings. The molecule has 0 atom stereocenters. The number of sulfone groups is 1. The Balaban J connectivity index is 1.73. The highest BCUT2D eigenvalue weighted by Gasteiger charge is 2.23. The molecule has 12 heteroatoms. The molecule has 2 aromatic carbocycles. The molecule has 0 spiro atoms. The van der Waals surface area contributed by atoms with Crippen LogP contribution in [0.2, 0.25) is 5.02 Å². The molecule has 1 heterocycles. The van der Waals surface area contributed by atoms with Crippen molar-refractivity contribution in [2.75, 3.05) is 25.3 Å². The number of aromatic amines is 1. The number of carbonyl (C=O) groups excluding carboxylic acids is 1. The maximum Gasteiger partial charge on any atom is 0.270 e. The fraction of sp³-hybridized carbons (Fsp3) is 0.190. The van der Waals surface area contributed by atoms with E-state index in [0.29, 0.717) is 22.7 Å². The lowest BCUT2D eigenvalue weighted by Gasteiger charge is -2.11. The molecule has 0 saturated heterocycles. The normalized spacial score (nSPS) is 11.2. The van der Waals surface area contributed by atoms with Crippen molar-refractivity contribution in [1.82, 2.24) is 9.97 Å². The predicted molar refractivity (Wildman–Crippen MR) is 125 cm³/mol. The summed E-state index contributed by atoms with van der Waals surface area (Å²) in [6.45, 7) is 1.74. The van der Waals surface area contributed by atoms with E-state index in [9.17, 15) is 18.0 Å². The first-order chi connectivity index (χ1) is 15.6. The Kier molecular flexibility index (Phi) is 7.67. The summed E-state index contributed by atoms with van der Waals surface area (Å²) in [6.07, 6.45) is 0.966. The fourth-order valence-corrected chi connectivity index (χ4v) is 4.87. The summed E-state index contributed by atoms with van der Waals surface area (Å²) in [4.78, 5) is 30.6. The topological polar surface area (TPSA) is 127 Å². The van der Waals surface area contributed by atoms with Crippen molar-refractivity contribution in [3.05, 3.63) is 63.5 Å². The van der Waals surface area contributed by atoms with Crippen molar-refractivity contribution in [1.29, 1.82) is 0 Å². The van der Waals surface area contributed by atoms with Gasteiger partial charge in [-0.2, -0.15) is 0 Å². The van der Waals surface area contributed by atoms with E-state index in [4.69, 9.17) is 21.1 Å². The van der Waals surface area contributed by atoms with Gasteiger partial charge in [-0.15, -0.1) is 0 Å². The third kappa shape index (κ3) is 5.67. The highest BCUT2D eigenvalue weighted by molar-refractivity contribution is 7.99. The summed E-state index contributed by atoms with van der Waals surface area (Å²) in [5, 5.41) is 3.06. The zero-order valence-corrected chi connectivity index (χ0v) is 20.2. The van der Waals surface area contributed by atoms with Crippen LogP contribution in [-0.2, 0) is 14.6 Å². The third-order valence-corrected chi connectivity index (χ3v) is 7.55. The van der Waals surface area contributed by atoms with Gasteiger partial charge in [-0.05, 0) is 36.8 Å². The van der Waals surface area contributed by atoms with E-state index in [1.165, 1.54) is 26.4 Å². The van der Waals surface area contributed by atoms with Crippen LogP contribution in [0.15, 0.2) is 62.3 Å². The van der Waals surface area contributed by atoms with Crippen LogP contribution in [0.25, 0.3) is 0 Å². The number of hydrogen-bond acceptors (Lipinski definition) is 8. The van der Waals surface area contributed by atoms with Crippen LogP contribution in [0.5, 0.6) is 11.5 Å². The second-order valence-corrected chi connectivity index (χ2v) is 9.99. The lowest BCUT2D eigenvalue weighted by atomic mass is 10.2. The maximum absolute atomic E-state index is 12.8. The van der Waals surface area contributed by atoms with Gasteiger partial charge < -0.3 is 19.8 Å². The summed E-state index contributed by atoms with van der Waals surface area (Å²) in [5.74, 6) is 0.506. The minimum absolute atomic E-state index is 0.0913. The van der Waals surface area contributed by atoms with Gasteiger partial charge in [0.1, 0.15) is 11.5 Å². The van der Waals surface area contributed by atoms with Crippen LogP contribution in [0, 0.1) is 6.92 Å². The van der Waals surface area contributed by atoms with Crippen molar-refractivity contribution in [2.45, 2.75) is 21.9 Å². The van der Waals surface area contributed by atoms with Crippen molar-refractivity contribution < 1.29 is 22.7 Å². The number of aromatic nitrogens is 2. The van der Waals surface area contributed by atoms with Gasteiger partial charge in [0.15, 0.2) is 10.1 Å². The summed E-state index contributed by atoms with van der Waals surface area (Å²) in [5.41, 5.74) is 0.278. The zero-order chi connectivity index (χ0) is 24.2. The minimum Gasteiger partial charge on any atom is -0.497 e. The summed E-state index contributed by atoms with van der Waals surface area (Å²) >= 11 is 6.95. The molecule has 1 aromatic heterocycles. The number of rotatable bonds is 8. The molecule has 33 heavy (non-hydrogen) atoms. The van der Waals surface area contributed by atoms with Gasteiger partial charge in [0.05, 0.1) is 36.8 Å². The summed E-state index contributed by atoms with van der Waals surface area (Å²) in [7, 11) is -1.14. The number of aryl methyl sites for hydroxylation is 1. The Hall–Kier alpha value is -3.02. The smallest absolute Gasteiger partial charge is 0.270 e. The van der Waals surface area contributed by atoms with Crippen molar-refractivity contribution in [2.24, 2.45) is 0 Å². The molecule has 0 saturated carbocycles. The molecule has 0 unspecified atom stereocenters. The van der Waals surface area contributed by atoms with E-state index < -0.39 is 20.3 Å². The molecule has 3 rings (SSSR count). The van der Waals surface area contributed by atoms with Gasteiger partial charge in [0.2, 0.25) is 15.7 Å². The van der Waals surface area contributed by atoms with E-state index in [0.717, 1.165) is 18.0 Å². The van der Waals surface area contributed by atoms with Crippen LogP contribution in [0.3, 0.4) is 0 Å². The Morgan fingerprint density at radius 3 is 2.58 bits per heavy atom. The molecule has 174 valence electrons. The van der Waals surface area contributed by atoms with Gasteiger partial charge in [0.25, 0.3) is 5.56 Å². The standard InChI is InChI=1S/C21H20ClN3O6S2/c1-12-4-6-14(9-15(12)22)33(28,29)18-10-23-21(25-20(18)27)32-11-19(26)24-16-8-13(30-2)5-7-17(16)31-3/h4-10H,11H2,1-3H3,(H,24,26)(H,23,25,27). The van der Waals surface area contributed by atoms with Crippen LogP contribution >= 0.6 is 23.4 Å². The number of amides is 1. The molecular formula is C21H20ClN3O6S2. The largest absolute Gasteiger partial charge is 0.497 e. The third-order valence-electron chi connectivity index (χ3n) is 4.51. The van der Waals surface area contributed by atoms with Gasteiger partial charge in [-0.25, -0.2) is 13.4 Å². The van der Waals surface area contributed by atoms with Gasteiger partial charge >= 0.3 is 0 Å². The SMILES string of the molecule is COc1ccc(OC)c(NC(=O)CSc2ncc(S(=O)(=O)c3ccc(C)c(Cl)c3)c(=O)[nH]2)c1. The second kappa shape index (κ2) is 10.3. The first kappa shape index (κ1) is 24.6. The number of benzene rings is 2. The van der Waals surface area contributed by atoms with Gasteiger partial charge in [-0.1, -0.05) is 29.4 Å². The molecule has 2 N–H and O–H groups in total. The van der Waals surface area contributed by atoms with Crippen LogP contribution in [0.4, 0.5) is 5.69 Å². The number of thioether (sulfide) groups is 1. The molecule has 0 fully saturated rings. The first-order valence-corrected chi connectivity index (χ1v) is 12.3. The van der Waals surface area contributed by atoms with E-state index in [-0.39, 0.29) is 26.7 Å². The molecule has 0 radical (unpaired) electrons. The Bertz CT molecular complexity index is 1360. The number of anilines is 1. The summed E-state index contributed by atoms with van der Waals surface area (Å²) in [6, 6.07) is 9.16. The Morgan fingerprint density at radius 1 is 1.18 bits per heavy atom. The number of nitrogens with zero attached hydrogens (tertiary/aromatic N) is 1. The maximum atomic E-state index is 12.8.